The minimum Gasteiger partial charge on any atom is -0.496 e. The van der Waals surface area contributed by atoms with Crippen molar-refractivity contribution in [2.24, 2.45) is 0 Å². The van der Waals surface area contributed by atoms with E-state index in [1.165, 1.54) is 0 Å². The van der Waals surface area contributed by atoms with Crippen LogP contribution in [0, 0.1) is 0 Å². The Morgan fingerprint density at radius 2 is 1.96 bits per heavy atom. The van der Waals surface area contributed by atoms with E-state index in [2.05, 4.69) is 5.32 Å². The lowest BCUT2D eigenvalue weighted by Gasteiger charge is -2.18. The Hall–Kier alpha value is -3.15. The van der Waals surface area contributed by atoms with Crippen molar-refractivity contribution < 1.29 is 23.9 Å². The van der Waals surface area contributed by atoms with Crippen LogP contribution in [0.2, 0.25) is 0 Å². The number of para-hydroxylation sites is 1. The van der Waals surface area contributed by atoms with Crippen LogP contribution in [0.3, 0.4) is 0 Å². The van der Waals surface area contributed by atoms with Gasteiger partial charge in [-0.3, -0.25) is 9.59 Å². The lowest BCUT2D eigenvalue weighted by molar-refractivity contribution is -0.135. The fourth-order valence-electron chi connectivity index (χ4n) is 3.57. The number of benzene rings is 2. The summed E-state index contributed by atoms with van der Waals surface area (Å²) >= 11 is 0. The van der Waals surface area contributed by atoms with Gasteiger partial charge in [-0.25, -0.2) is 4.79 Å². The summed E-state index contributed by atoms with van der Waals surface area (Å²) in [5.74, 6) is -0.745. The van der Waals surface area contributed by atoms with Gasteiger partial charge in [-0.1, -0.05) is 18.2 Å². The van der Waals surface area contributed by atoms with Gasteiger partial charge in [0.25, 0.3) is 5.91 Å². The van der Waals surface area contributed by atoms with Crippen LogP contribution in [0.1, 0.15) is 40.7 Å². The molecule has 1 saturated carbocycles. The molecule has 1 N–H and O–H groups in total. The van der Waals surface area contributed by atoms with Gasteiger partial charge in [-0.2, -0.15) is 0 Å². The molecule has 6 heteroatoms. The molecule has 1 aliphatic heterocycles. The first-order valence-corrected chi connectivity index (χ1v) is 8.80. The van der Waals surface area contributed by atoms with Crippen molar-refractivity contribution >= 4 is 23.3 Å². The van der Waals surface area contributed by atoms with Crippen molar-refractivity contribution in [1.29, 1.82) is 0 Å². The van der Waals surface area contributed by atoms with E-state index in [0.717, 1.165) is 24.2 Å². The van der Waals surface area contributed by atoms with Crippen molar-refractivity contribution in [1.82, 2.24) is 0 Å². The number of nitrogens with one attached hydrogen (secondary N) is 1. The summed E-state index contributed by atoms with van der Waals surface area (Å²) in [6, 6.07) is 12.5. The number of carbonyl (C=O) groups is 3. The largest absolute Gasteiger partial charge is 0.496 e. The van der Waals surface area contributed by atoms with Gasteiger partial charge in [0, 0.05) is 28.7 Å². The lowest BCUT2D eigenvalue weighted by Crippen LogP contribution is -2.27. The molecule has 138 valence electrons. The Morgan fingerprint density at radius 3 is 2.70 bits per heavy atom. The van der Waals surface area contributed by atoms with E-state index >= 15 is 0 Å². The van der Waals surface area contributed by atoms with E-state index in [-0.39, 0.29) is 24.4 Å². The van der Waals surface area contributed by atoms with Crippen LogP contribution in [-0.2, 0) is 26.3 Å². The van der Waals surface area contributed by atoms with E-state index in [1.807, 2.05) is 24.3 Å². The number of hydrogen-bond acceptors (Lipinski definition) is 5. The van der Waals surface area contributed by atoms with Crippen molar-refractivity contribution in [3.63, 3.8) is 0 Å². The molecule has 0 aromatic heterocycles. The van der Waals surface area contributed by atoms with Gasteiger partial charge >= 0.3 is 5.97 Å². The van der Waals surface area contributed by atoms with Gasteiger partial charge in [0.05, 0.1) is 12.7 Å². The number of cyclic esters (lactones) is 1. The zero-order valence-corrected chi connectivity index (χ0v) is 14.9. The Kier molecular flexibility index (Phi) is 4.18. The number of carbonyl (C=O) groups excluding carboxylic acids is 3. The smallest absolute Gasteiger partial charge is 0.338 e. The summed E-state index contributed by atoms with van der Waals surface area (Å²) in [5, 5.41) is 2.63. The van der Waals surface area contributed by atoms with Crippen LogP contribution in [0.25, 0.3) is 0 Å². The van der Waals surface area contributed by atoms with E-state index < -0.39 is 11.7 Å². The second-order valence-corrected chi connectivity index (χ2v) is 6.98. The van der Waals surface area contributed by atoms with E-state index in [9.17, 15) is 14.4 Å². The monoisotopic (exact) mass is 365 g/mol. The summed E-state index contributed by atoms with van der Waals surface area (Å²) < 4.78 is 10.4. The summed E-state index contributed by atoms with van der Waals surface area (Å²) in [5.41, 5.74) is 2.33. The molecule has 27 heavy (non-hydrogen) atoms. The topological polar surface area (TPSA) is 81.7 Å². The van der Waals surface area contributed by atoms with Gasteiger partial charge in [-0.05, 0) is 37.1 Å². The molecule has 0 spiro atoms. The zero-order chi connectivity index (χ0) is 19.0. The summed E-state index contributed by atoms with van der Waals surface area (Å²) in [6.07, 6.45) is 1.85. The highest BCUT2D eigenvalue weighted by atomic mass is 16.5. The van der Waals surface area contributed by atoms with Crippen LogP contribution in [0.5, 0.6) is 5.75 Å². The molecular weight excluding hydrogens is 346 g/mol. The number of Topliss-reactive ketones (excluding diaryl/α,β-unsaturated/α-hetero) is 1. The minimum atomic E-state index is -0.652. The maximum atomic E-state index is 12.5. The highest BCUT2D eigenvalue weighted by Gasteiger charge is 2.48. The van der Waals surface area contributed by atoms with Crippen LogP contribution in [0.15, 0.2) is 42.5 Å². The normalized spacial score (nSPS) is 16.3. The molecule has 0 atom stereocenters. The number of fused-ring (bicyclic) bond motifs is 1. The molecule has 1 aliphatic carbocycles. The third kappa shape index (κ3) is 3.18. The molecule has 0 unspecified atom stereocenters. The molecule has 1 fully saturated rings. The highest BCUT2D eigenvalue weighted by molar-refractivity contribution is 6.40. The average Bonchev–Trinajstić information content (AvgIpc) is 3.37. The van der Waals surface area contributed by atoms with Crippen LogP contribution in [0.4, 0.5) is 5.69 Å². The predicted octanol–water partition coefficient (Wildman–Crippen LogP) is 3.00. The number of ketones is 1. The van der Waals surface area contributed by atoms with Gasteiger partial charge in [-0.15, -0.1) is 0 Å². The summed E-state index contributed by atoms with van der Waals surface area (Å²) in [4.78, 5) is 36.4. The van der Waals surface area contributed by atoms with Crippen LogP contribution in [-0.4, -0.2) is 24.8 Å². The number of ether oxygens (including phenoxy) is 2. The number of methoxy groups -OCH3 is 1. The maximum Gasteiger partial charge on any atom is 0.338 e. The Balaban J connectivity index is 1.46. The first-order valence-electron chi connectivity index (χ1n) is 8.80. The van der Waals surface area contributed by atoms with Crippen molar-refractivity contribution in [2.75, 3.05) is 12.4 Å². The van der Waals surface area contributed by atoms with E-state index in [0.29, 0.717) is 16.8 Å². The zero-order valence-electron chi connectivity index (χ0n) is 14.9. The van der Waals surface area contributed by atoms with Gasteiger partial charge in [0.1, 0.15) is 12.4 Å². The molecule has 6 nitrogen and oxygen atoms in total. The quantitative estimate of drug-likeness (QED) is 0.629. The fraction of sp³-hybridized carbons (Fsp3) is 0.286. The van der Waals surface area contributed by atoms with Gasteiger partial charge in [0.15, 0.2) is 0 Å². The SMILES string of the molecule is COc1ccccc1C1(CC(=O)C(=O)Nc2ccc3c(c2)COC3=O)CC1. The van der Waals surface area contributed by atoms with Crippen molar-refractivity contribution in [2.45, 2.75) is 31.3 Å². The molecule has 0 saturated heterocycles. The first kappa shape index (κ1) is 17.3. The number of esters is 1. The van der Waals surface area contributed by atoms with E-state index in [4.69, 9.17) is 9.47 Å². The first-order chi connectivity index (χ1) is 13.0. The Bertz CT molecular complexity index is 945. The van der Waals surface area contributed by atoms with Crippen LogP contribution < -0.4 is 10.1 Å². The number of amides is 1. The van der Waals surface area contributed by atoms with E-state index in [1.54, 1.807) is 25.3 Å². The summed E-state index contributed by atoms with van der Waals surface area (Å²) in [6.45, 7) is 0.183. The minimum absolute atomic E-state index is 0.145. The second kappa shape index (κ2) is 6.54. The highest BCUT2D eigenvalue weighted by Crippen LogP contribution is 2.53. The van der Waals surface area contributed by atoms with Crippen molar-refractivity contribution in [3.8, 4) is 5.75 Å². The third-order valence-electron chi connectivity index (χ3n) is 5.23. The number of rotatable bonds is 6. The fourth-order valence-corrected chi connectivity index (χ4v) is 3.57. The molecule has 1 heterocycles. The molecular formula is C21H19NO5. The summed E-state index contributed by atoms with van der Waals surface area (Å²) in [7, 11) is 1.60. The number of anilines is 1. The van der Waals surface area contributed by atoms with Gasteiger partial charge in [0.2, 0.25) is 5.78 Å². The molecule has 2 aliphatic rings. The number of hydrogen-bond donors (Lipinski definition) is 1. The van der Waals surface area contributed by atoms with Crippen molar-refractivity contribution in [3.05, 3.63) is 59.2 Å². The lowest BCUT2D eigenvalue weighted by atomic mass is 9.89. The molecule has 1 amide bonds. The molecule has 2 aromatic carbocycles. The standard InChI is InChI=1S/C21H19NO5/c1-26-18-5-3-2-4-16(18)21(8-9-21)11-17(23)19(24)22-14-6-7-15-13(10-14)12-27-20(15)25/h2-7,10H,8-9,11-12H2,1H3,(H,22,24). The Labute approximate surface area is 156 Å². The molecule has 4 rings (SSSR count). The maximum absolute atomic E-state index is 12.5. The van der Waals surface area contributed by atoms with Gasteiger partial charge < -0.3 is 14.8 Å². The van der Waals surface area contributed by atoms with Crippen LogP contribution >= 0.6 is 0 Å². The molecule has 0 bridgehead atoms. The Morgan fingerprint density at radius 1 is 1.19 bits per heavy atom. The molecule has 0 radical (unpaired) electrons. The second-order valence-electron chi connectivity index (χ2n) is 6.98. The third-order valence-corrected chi connectivity index (χ3v) is 5.23. The predicted molar refractivity (Wildman–Crippen MR) is 97.7 cm³/mol. The molecule has 2 aromatic rings. The average molecular weight is 365 g/mol.